The van der Waals surface area contributed by atoms with Gasteiger partial charge in [0.15, 0.2) is 11.6 Å². The smallest absolute Gasteiger partial charge is 0.160 e. The predicted molar refractivity (Wildman–Crippen MR) is 211 cm³/mol. The Bertz CT molecular complexity index is 2800. The van der Waals surface area contributed by atoms with Crippen LogP contribution in [-0.2, 0) is 0 Å². The molecule has 0 amide bonds. The number of thiophene rings is 2. The van der Waals surface area contributed by atoms with Crippen LogP contribution in [0, 0.1) is 0 Å². The maximum absolute atomic E-state index is 5.20. The number of hydrogen-bond donors (Lipinski definition) is 0. The van der Waals surface area contributed by atoms with Crippen LogP contribution in [0.5, 0.6) is 0 Å². The fraction of sp³-hybridized carbons (Fsp3) is 0. The second kappa shape index (κ2) is 11.8. The molecule has 10 rings (SSSR count). The number of benzene rings is 6. The highest BCUT2D eigenvalue weighted by molar-refractivity contribution is 7.26. The van der Waals surface area contributed by atoms with Crippen LogP contribution < -0.4 is 0 Å². The first-order chi connectivity index (χ1) is 24.7. The molecular weight excluding hydrogens is 649 g/mol. The van der Waals surface area contributed by atoms with Crippen LogP contribution in [-0.4, -0.2) is 19.9 Å². The van der Waals surface area contributed by atoms with Gasteiger partial charge in [-0.05, 0) is 36.4 Å². The lowest BCUT2D eigenvalue weighted by Gasteiger charge is -2.09. The van der Waals surface area contributed by atoms with Crippen LogP contribution in [0.2, 0.25) is 0 Å². The van der Waals surface area contributed by atoms with Crippen LogP contribution in [0.3, 0.4) is 0 Å². The highest BCUT2D eigenvalue weighted by Crippen LogP contribution is 2.41. The van der Waals surface area contributed by atoms with Crippen molar-refractivity contribution in [3.8, 4) is 56.5 Å². The summed E-state index contributed by atoms with van der Waals surface area (Å²) in [6, 6.07) is 54.8. The van der Waals surface area contributed by atoms with E-state index in [1.165, 1.54) is 24.9 Å². The summed E-state index contributed by atoms with van der Waals surface area (Å²) in [5, 5.41) is 3.55. The second-order valence-electron chi connectivity index (χ2n) is 12.3. The fourth-order valence-electron chi connectivity index (χ4n) is 6.66. The molecular formula is C44H26N4S2. The van der Waals surface area contributed by atoms with E-state index < -0.39 is 0 Å². The molecule has 0 N–H and O–H groups in total. The molecule has 6 heteroatoms. The molecule has 0 atom stereocenters. The van der Waals surface area contributed by atoms with Crippen molar-refractivity contribution < 1.29 is 0 Å². The molecule has 0 saturated heterocycles. The van der Waals surface area contributed by atoms with E-state index in [4.69, 9.17) is 19.9 Å². The fourth-order valence-corrected chi connectivity index (χ4v) is 8.94. The molecule has 0 aliphatic heterocycles. The second-order valence-corrected chi connectivity index (χ2v) is 14.4. The van der Waals surface area contributed by atoms with Gasteiger partial charge in [-0.25, -0.2) is 19.9 Å². The zero-order chi connectivity index (χ0) is 33.0. The predicted octanol–water partition coefficient (Wildman–Crippen LogP) is 12.3. The Labute approximate surface area is 296 Å². The van der Waals surface area contributed by atoms with Crippen molar-refractivity contribution in [2.24, 2.45) is 0 Å². The maximum Gasteiger partial charge on any atom is 0.160 e. The molecule has 0 fully saturated rings. The monoisotopic (exact) mass is 674 g/mol. The van der Waals surface area contributed by atoms with E-state index in [-0.39, 0.29) is 0 Å². The molecule has 4 nitrogen and oxygen atoms in total. The number of rotatable bonds is 5. The van der Waals surface area contributed by atoms with Gasteiger partial charge in [0.25, 0.3) is 0 Å². The number of aromatic nitrogens is 4. The van der Waals surface area contributed by atoms with Gasteiger partial charge in [-0.1, -0.05) is 121 Å². The molecule has 0 unspecified atom stereocenters. The minimum absolute atomic E-state index is 0.709. The molecule has 6 aromatic carbocycles. The van der Waals surface area contributed by atoms with E-state index >= 15 is 0 Å². The average molecular weight is 675 g/mol. The summed E-state index contributed by atoms with van der Waals surface area (Å²) >= 11 is 3.55. The topological polar surface area (TPSA) is 51.6 Å². The van der Waals surface area contributed by atoms with Crippen LogP contribution in [0.15, 0.2) is 158 Å². The third-order valence-corrected chi connectivity index (χ3v) is 11.4. The lowest BCUT2D eigenvalue weighted by Crippen LogP contribution is -1.95. The first-order valence-electron chi connectivity index (χ1n) is 16.5. The van der Waals surface area contributed by atoms with Crippen molar-refractivity contribution in [3.63, 3.8) is 0 Å². The van der Waals surface area contributed by atoms with E-state index in [0.717, 1.165) is 66.3 Å². The van der Waals surface area contributed by atoms with E-state index in [1.807, 2.05) is 42.5 Å². The van der Waals surface area contributed by atoms with Gasteiger partial charge in [0.05, 0.1) is 27.3 Å². The molecule has 0 spiro atoms. The third-order valence-electron chi connectivity index (χ3n) is 9.12. The van der Waals surface area contributed by atoms with Gasteiger partial charge in [-0.2, -0.15) is 0 Å². The highest BCUT2D eigenvalue weighted by atomic mass is 32.1. The van der Waals surface area contributed by atoms with Crippen LogP contribution in [0.25, 0.3) is 97.0 Å². The summed E-state index contributed by atoms with van der Waals surface area (Å²) in [7, 11) is 0. The Morgan fingerprint density at radius 2 is 0.920 bits per heavy atom. The molecule has 4 aromatic heterocycles. The van der Waals surface area contributed by atoms with Gasteiger partial charge in [0.1, 0.15) is 0 Å². The SMILES string of the molecule is c1ccc(-c2cc(-c3ccccc3)nc(-c3ccc4sc5cc(-c6nc(-c7ccccc7)c7sc8ccccc8c7n6)ccc5c4c3)n2)cc1. The Morgan fingerprint density at radius 1 is 0.340 bits per heavy atom. The first-order valence-corrected chi connectivity index (χ1v) is 18.1. The van der Waals surface area contributed by atoms with Gasteiger partial charge in [0, 0.05) is 58.1 Å². The van der Waals surface area contributed by atoms with Crippen LogP contribution in [0.4, 0.5) is 0 Å². The molecule has 0 saturated carbocycles. The van der Waals surface area contributed by atoms with E-state index in [1.54, 1.807) is 22.7 Å². The number of nitrogens with zero attached hydrogens (tertiary/aromatic N) is 4. The zero-order valence-electron chi connectivity index (χ0n) is 26.6. The van der Waals surface area contributed by atoms with E-state index in [2.05, 4.69) is 115 Å². The quantitative estimate of drug-likeness (QED) is 0.182. The summed E-state index contributed by atoms with van der Waals surface area (Å²) in [6.45, 7) is 0. The molecule has 234 valence electrons. The van der Waals surface area contributed by atoms with Crippen molar-refractivity contribution in [1.29, 1.82) is 0 Å². The van der Waals surface area contributed by atoms with Crippen molar-refractivity contribution in [2.75, 3.05) is 0 Å². The lowest BCUT2D eigenvalue weighted by molar-refractivity contribution is 1.18. The summed E-state index contributed by atoms with van der Waals surface area (Å²) in [6.07, 6.45) is 0. The normalized spacial score (nSPS) is 11.6. The molecule has 0 aliphatic carbocycles. The van der Waals surface area contributed by atoms with Crippen LogP contribution in [0.1, 0.15) is 0 Å². The Morgan fingerprint density at radius 3 is 1.64 bits per heavy atom. The van der Waals surface area contributed by atoms with Crippen molar-refractivity contribution in [2.45, 2.75) is 0 Å². The molecule has 10 aromatic rings. The van der Waals surface area contributed by atoms with E-state index in [0.29, 0.717) is 5.82 Å². The first kappa shape index (κ1) is 28.9. The van der Waals surface area contributed by atoms with Gasteiger partial charge in [-0.15, -0.1) is 22.7 Å². The Hall–Kier alpha value is -6.08. The largest absolute Gasteiger partial charge is 0.228 e. The molecule has 4 heterocycles. The summed E-state index contributed by atoms with van der Waals surface area (Å²) in [5.74, 6) is 1.45. The van der Waals surface area contributed by atoms with Gasteiger partial charge < -0.3 is 0 Å². The van der Waals surface area contributed by atoms with Crippen molar-refractivity contribution in [1.82, 2.24) is 19.9 Å². The standard InChI is InChI=1S/C44H26N4S2/c1-4-12-27(13-5-1)35-26-36(28-14-6-2-7-15-28)46-43(45-35)30-21-23-38-34(24-30)32-22-20-31(25-39(32)49-38)44-47-40(29-16-8-3-9-17-29)42-41(48-44)33-18-10-11-19-37(33)50-42/h1-26H. The average Bonchev–Trinajstić information content (AvgIpc) is 3.76. The molecule has 0 radical (unpaired) electrons. The molecule has 0 aliphatic rings. The summed E-state index contributed by atoms with van der Waals surface area (Å²) < 4.78 is 4.74. The molecule has 50 heavy (non-hydrogen) atoms. The Balaban J connectivity index is 1.11. The maximum atomic E-state index is 5.20. The van der Waals surface area contributed by atoms with Crippen LogP contribution >= 0.6 is 22.7 Å². The third kappa shape index (κ3) is 4.96. The van der Waals surface area contributed by atoms with Crippen molar-refractivity contribution >= 4 is 63.1 Å². The van der Waals surface area contributed by atoms with Gasteiger partial charge in [-0.3, -0.25) is 0 Å². The van der Waals surface area contributed by atoms with Gasteiger partial charge >= 0.3 is 0 Å². The van der Waals surface area contributed by atoms with Crippen molar-refractivity contribution in [3.05, 3.63) is 158 Å². The number of fused-ring (bicyclic) bond motifs is 6. The minimum atomic E-state index is 0.709. The Kier molecular flexibility index (Phi) is 6.82. The number of hydrogen-bond acceptors (Lipinski definition) is 6. The summed E-state index contributed by atoms with van der Waals surface area (Å²) in [4.78, 5) is 20.5. The lowest BCUT2D eigenvalue weighted by atomic mass is 10.0. The van der Waals surface area contributed by atoms with Gasteiger partial charge in [0.2, 0.25) is 0 Å². The molecule has 0 bridgehead atoms. The van der Waals surface area contributed by atoms with E-state index in [9.17, 15) is 0 Å². The zero-order valence-corrected chi connectivity index (χ0v) is 28.2. The summed E-state index contributed by atoms with van der Waals surface area (Å²) in [5.41, 5.74) is 9.00. The highest BCUT2D eigenvalue weighted by Gasteiger charge is 2.18. The minimum Gasteiger partial charge on any atom is -0.228 e.